The summed E-state index contributed by atoms with van der Waals surface area (Å²) in [6.45, 7) is 6.54. The van der Waals surface area contributed by atoms with Crippen LogP contribution in [-0.4, -0.2) is 77.4 Å². The number of methoxy groups -OCH3 is 2. The number of benzene rings is 3. The van der Waals surface area contributed by atoms with Crippen LogP contribution in [0, 0.1) is 12.7 Å². The number of hydrogen-bond acceptors (Lipinski definition) is 10. The third kappa shape index (κ3) is 9.74. The Hall–Kier alpha value is -5.51. The second-order valence-corrected chi connectivity index (χ2v) is 16.8. The van der Waals surface area contributed by atoms with Gasteiger partial charge in [0.15, 0.2) is 11.5 Å². The number of fused-ring (bicyclic) bond motifs is 2. The van der Waals surface area contributed by atoms with E-state index in [-0.39, 0.29) is 42.8 Å². The van der Waals surface area contributed by atoms with Crippen molar-refractivity contribution in [1.82, 2.24) is 25.1 Å². The number of carbonyl (C=O) groups excluding carboxylic acids is 3. The maximum atomic E-state index is 14.9. The zero-order valence-corrected chi connectivity index (χ0v) is 35.7. The van der Waals surface area contributed by atoms with Crippen LogP contribution in [-0.2, 0) is 28.7 Å². The second kappa shape index (κ2) is 18.9. The van der Waals surface area contributed by atoms with Crippen LogP contribution in [0.4, 0.5) is 29.1 Å². The minimum atomic E-state index is -4.53. The Kier molecular flexibility index (Phi) is 13.5. The smallest absolute Gasteiger partial charge is 0.416 e. The van der Waals surface area contributed by atoms with Gasteiger partial charge in [-0.25, -0.2) is 14.4 Å². The van der Waals surface area contributed by atoms with Gasteiger partial charge < -0.3 is 30.3 Å². The van der Waals surface area contributed by atoms with Gasteiger partial charge in [-0.2, -0.15) is 13.2 Å². The Morgan fingerprint density at radius 1 is 0.935 bits per heavy atom. The molecule has 3 aliphatic rings. The summed E-state index contributed by atoms with van der Waals surface area (Å²) in [6, 6.07) is 6.88. The zero-order valence-electron chi connectivity index (χ0n) is 35.7. The Bertz CT molecular complexity index is 2330. The second-order valence-electron chi connectivity index (χ2n) is 16.8. The molecule has 1 aromatic heterocycles. The highest BCUT2D eigenvalue weighted by Crippen LogP contribution is 2.42. The minimum Gasteiger partial charge on any atom is -0.493 e. The number of rotatable bonds is 16. The van der Waals surface area contributed by atoms with E-state index in [2.05, 4.69) is 20.5 Å². The van der Waals surface area contributed by atoms with Crippen molar-refractivity contribution in [1.29, 1.82) is 0 Å². The molecule has 4 heterocycles. The standard InChI is InChI=1S/C46H55F4N7O5/c1-26(29-19-30(46(48,49)50)21-32(51)20-29)52-43-36-24-39(61-3)42(62-4)33(41(36)53-27(2)54-43)11-9-7-5-6-8-10-16-56-17-14-28(15-18-56)34-22-31(47)23-35-37(34)25-57(45(35)60)38-12-13-40(58)55-44(38)59/h19-24,26,28,38H,5-18,25,51H2,1-4H3,(H,52,53,54)(H,55,58,59)/t26-,38?/m0/s1. The predicted octanol–water partition coefficient (Wildman–Crippen LogP) is 8.39. The number of nitrogens with two attached hydrogens (primary N) is 1. The Balaban J connectivity index is 0.896. The highest BCUT2D eigenvalue weighted by atomic mass is 19.4. The van der Waals surface area contributed by atoms with E-state index in [9.17, 15) is 31.9 Å². The first-order chi connectivity index (χ1) is 29.6. The molecular formula is C46H55F4N7O5. The number of likely N-dealkylation sites (tertiary alicyclic amines) is 1. The molecule has 3 aromatic carbocycles. The maximum absolute atomic E-state index is 14.9. The molecule has 7 rings (SSSR count). The van der Waals surface area contributed by atoms with Crippen molar-refractivity contribution in [2.45, 2.75) is 115 Å². The summed E-state index contributed by atoms with van der Waals surface area (Å²) in [5.41, 5.74) is 9.01. The van der Waals surface area contributed by atoms with Gasteiger partial charge in [-0.3, -0.25) is 19.7 Å². The van der Waals surface area contributed by atoms with E-state index in [1.54, 1.807) is 40.2 Å². The molecule has 16 heteroatoms. The molecule has 3 aliphatic heterocycles. The van der Waals surface area contributed by atoms with Crippen molar-refractivity contribution in [3.8, 4) is 11.5 Å². The van der Waals surface area contributed by atoms with Crippen LogP contribution in [0.25, 0.3) is 10.9 Å². The van der Waals surface area contributed by atoms with Crippen molar-refractivity contribution >= 4 is 40.1 Å². The first-order valence-corrected chi connectivity index (χ1v) is 21.5. The van der Waals surface area contributed by atoms with Gasteiger partial charge in [-0.05, 0) is 131 Å². The number of hydrogen-bond donors (Lipinski definition) is 3. The maximum Gasteiger partial charge on any atom is 0.416 e. The van der Waals surface area contributed by atoms with E-state index in [1.165, 1.54) is 17.0 Å². The molecule has 3 amide bonds. The number of anilines is 2. The van der Waals surface area contributed by atoms with E-state index in [4.69, 9.17) is 20.2 Å². The lowest BCUT2D eigenvalue weighted by molar-refractivity contribution is -0.138. The molecule has 2 atom stereocenters. The molecule has 4 N–H and O–H groups in total. The summed E-state index contributed by atoms with van der Waals surface area (Å²) in [5.74, 6) is 0.575. The van der Waals surface area contributed by atoms with Gasteiger partial charge in [0.05, 0.1) is 31.3 Å². The third-order valence-corrected chi connectivity index (χ3v) is 12.5. The fraction of sp³-hybridized carbons (Fsp3) is 0.500. The lowest BCUT2D eigenvalue weighted by Gasteiger charge is -2.33. The number of amides is 3. The first kappa shape index (κ1) is 44.5. The number of ether oxygens (including phenoxy) is 2. The van der Waals surface area contributed by atoms with Gasteiger partial charge in [0.2, 0.25) is 11.8 Å². The molecule has 2 saturated heterocycles. The van der Waals surface area contributed by atoms with Gasteiger partial charge in [-0.1, -0.05) is 25.7 Å². The summed E-state index contributed by atoms with van der Waals surface area (Å²) >= 11 is 0. The summed E-state index contributed by atoms with van der Waals surface area (Å²) in [6.07, 6.45) is 4.50. The molecule has 0 saturated carbocycles. The quantitative estimate of drug-likeness (QED) is 0.0434. The fourth-order valence-electron chi connectivity index (χ4n) is 9.33. The van der Waals surface area contributed by atoms with Crippen LogP contribution < -0.4 is 25.8 Å². The minimum absolute atomic E-state index is 0.0217. The summed E-state index contributed by atoms with van der Waals surface area (Å²) in [5, 5.41) is 6.30. The molecule has 332 valence electrons. The fourth-order valence-corrected chi connectivity index (χ4v) is 9.33. The number of alkyl halides is 3. The molecule has 0 aliphatic carbocycles. The predicted molar refractivity (Wildman–Crippen MR) is 228 cm³/mol. The van der Waals surface area contributed by atoms with Crippen LogP contribution >= 0.6 is 0 Å². The summed E-state index contributed by atoms with van der Waals surface area (Å²) in [7, 11) is 3.16. The third-order valence-electron chi connectivity index (χ3n) is 12.5. The van der Waals surface area contributed by atoms with Gasteiger partial charge >= 0.3 is 6.18 Å². The Morgan fingerprint density at radius 3 is 2.35 bits per heavy atom. The van der Waals surface area contributed by atoms with Gasteiger partial charge in [0, 0.05) is 35.2 Å². The number of halogens is 4. The number of nitrogen functional groups attached to an aromatic ring is 1. The van der Waals surface area contributed by atoms with Crippen LogP contribution in [0.1, 0.15) is 127 Å². The monoisotopic (exact) mass is 861 g/mol. The number of piperidine rings is 2. The number of aromatic nitrogens is 2. The number of imide groups is 1. The largest absolute Gasteiger partial charge is 0.493 e. The zero-order chi connectivity index (χ0) is 44.3. The van der Waals surface area contributed by atoms with Crippen molar-refractivity contribution in [2.75, 3.05) is 44.9 Å². The van der Waals surface area contributed by atoms with E-state index >= 15 is 0 Å². The number of unbranched alkanes of at least 4 members (excludes halogenated alkanes) is 5. The van der Waals surface area contributed by atoms with E-state index < -0.39 is 35.5 Å². The molecule has 0 bridgehead atoms. The Labute approximate surface area is 358 Å². The van der Waals surface area contributed by atoms with E-state index in [0.29, 0.717) is 51.6 Å². The Morgan fingerprint density at radius 2 is 1.66 bits per heavy atom. The number of nitrogens with zero attached hydrogens (tertiary/aromatic N) is 4. The molecule has 62 heavy (non-hydrogen) atoms. The normalized spacial score (nSPS) is 18.0. The van der Waals surface area contributed by atoms with Gasteiger partial charge in [-0.15, -0.1) is 0 Å². The van der Waals surface area contributed by atoms with Crippen LogP contribution in [0.3, 0.4) is 0 Å². The van der Waals surface area contributed by atoms with Crippen molar-refractivity contribution in [3.05, 3.63) is 81.4 Å². The number of nitrogens with one attached hydrogen (secondary N) is 2. The van der Waals surface area contributed by atoms with E-state index in [1.807, 2.05) is 0 Å². The molecule has 1 unspecified atom stereocenters. The van der Waals surface area contributed by atoms with Crippen molar-refractivity contribution in [2.24, 2.45) is 0 Å². The molecule has 0 spiro atoms. The molecule has 4 aromatic rings. The lowest BCUT2D eigenvalue weighted by Crippen LogP contribution is -2.52. The summed E-state index contributed by atoms with van der Waals surface area (Å²) in [4.78, 5) is 50.9. The lowest BCUT2D eigenvalue weighted by atomic mass is 9.85. The van der Waals surface area contributed by atoms with Crippen LogP contribution in [0.15, 0.2) is 36.4 Å². The first-order valence-electron chi connectivity index (χ1n) is 21.5. The summed E-state index contributed by atoms with van der Waals surface area (Å²) < 4.78 is 67.2. The van der Waals surface area contributed by atoms with Crippen LogP contribution in [0.5, 0.6) is 11.5 Å². The highest BCUT2D eigenvalue weighted by molar-refractivity contribution is 6.05. The highest BCUT2D eigenvalue weighted by Gasteiger charge is 2.41. The number of aryl methyl sites for hydroxylation is 2. The SMILES string of the molecule is COc1cc2c(N[C@@H](C)c3cc(N)cc(C(F)(F)F)c3)nc(C)nc2c(CCCCCCCCN2CCC(c3cc(F)cc4c3CN(C3CCC(=O)NC3=O)C4=O)CC2)c1OC. The average Bonchev–Trinajstić information content (AvgIpc) is 3.55. The average molecular weight is 862 g/mol. The van der Waals surface area contributed by atoms with Gasteiger partial charge in [0.1, 0.15) is 23.5 Å². The van der Waals surface area contributed by atoms with Gasteiger partial charge in [0.25, 0.3) is 5.91 Å². The van der Waals surface area contributed by atoms with E-state index in [0.717, 1.165) is 99.8 Å². The molecule has 0 radical (unpaired) electrons. The van der Waals surface area contributed by atoms with Crippen LogP contribution in [0.2, 0.25) is 0 Å². The van der Waals surface area contributed by atoms with Crippen molar-refractivity contribution < 1.29 is 41.4 Å². The molecular weight excluding hydrogens is 807 g/mol. The molecule has 12 nitrogen and oxygen atoms in total. The topological polar surface area (TPSA) is 152 Å². The van der Waals surface area contributed by atoms with Crippen molar-refractivity contribution in [3.63, 3.8) is 0 Å². The molecule has 2 fully saturated rings. The number of carbonyl (C=O) groups is 3.